The van der Waals surface area contributed by atoms with Crippen LogP contribution in [0.4, 0.5) is 16.2 Å². The number of ether oxygens (including phenoxy) is 1. The molecule has 1 aliphatic heterocycles. The molecule has 166 valence electrons. The maximum atomic E-state index is 12.6. The number of benzene rings is 2. The summed E-state index contributed by atoms with van der Waals surface area (Å²) in [6.07, 6.45) is 0.710. The molecule has 0 radical (unpaired) electrons. The number of hydrogen-bond donors (Lipinski definition) is 1. The van der Waals surface area contributed by atoms with Crippen LogP contribution in [-0.4, -0.2) is 60.3 Å². The highest BCUT2D eigenvalue weighted by Gasteiger charge is 2.21. The molecule has 0 aliphatic carbocycles. The van der Waals surface area contributed by atoms with E-state index in [1.807, 2.05) is 31.2 Å². The van der Waals surface area contributed by atoms with E-state index in [-0.39, 0.29) is 6.03 Å². The molecular formula is C23H25N5O4. The summed E-state index contributed by atoms with van der Waals surface area (Å²) in [5.41, 5.74) is 3.07. The number of methoxy groups -OCH3 is 1. The summed E-state index contributed by atoms with van der Waals surface area (Å²) in [6.45, 7) is 4.66. The molecular weight excluding hydrogens is 410 g/mol. The van der Waals surface area contributed by atoms with Gasteiger partial charge in [-0.15, -0.1) is 0 Å². The van der Waals surface area contributed by atoms with E-state index in [1.54, 1.807) is 29.2 Å². The highest BCUT2D eigenvalue weighted by Crippen LogP contribution is 2.22. The number of amides is 2. The summed E-state index contributed by atoms with van der Waals surface area (Å²) in [7, 11) is 1.34. The first-order chi connectivity index (χ1) is 15.6. The molecule has 4 rings (SSSR count). The third-order valence-electron chi connectivity index (χ3n) is 5.39. The number of piperazine rings is 1. The summed E-state index contributed by atoms with van der Waals surface area (Å²) in [5.74, 6) is 0.808. The minimum absolute atomic E-state index is 0.158. The second-order valence-electron chi connectivity index (χ2n) is 7.39. The summed E-state index contributed by atoms with van der Waals surface area (Å²) < 4.78 is 9.86. The highest BCUT2D eigenvalue weighted by molar-refractivity contribution is 5.92. The van der Waals surface area contributed by atoms with Crippen molar-refractivity contribution in [3.8, 4) is 11.4 Å². The van der Waals surface area contributed by atoms with E-state index in [0.717, 1.165) is 24.3 Å². The van der Waals surface area contributed by atoms with Gasteiger partial charge < -0.3 is 24.4 Å². The second-order valence-corrected chi connectivity index (χ2v) is 7.39. The van der Waals surface area contributed by atoms with Gasteiger partial charge in [0.2, 0.25) is 11.7 Å². The van der Waals surface area contributed by atoms with Crippen LogP contribution in [0, 0.1) is 0 Å². The Hall–Kier alpha value is -3.88. The predicted octanol–water partition coefficient (Wildman–Crippen LogP) is 3.44. The van der Waals surface area contributed by atoms with Gasteiger partial charge in [0, 0.05) is 49.5 Å². The lowest BCUT2D eigenvalue weighted by atomic mass is 10.1. The van der Waals surface area contributed by atoms with Gasteiger partial charge in [0.05, 0.1) is 12.7 Å². The first-order valence-corrected chi connectivity index (χ1v) is 10.5. The monoisotopic (exact) mass is 435 g/mol. The Morgan fingerprint density at radius 2 is 1.72 bits per heavy atom. The topological polar surface area (TPSA) is 101 Å². The quantitative estimate of drug-likeness (QED) is 0.613. The maximum Gasteiger partial charge on any atom is 0.337 e. The SMILES string of the molecule is CCc1nc(-c2ccc(N3CCN(C(=O)Nc4ccc(C(=O)OC)cc4)CC3)cc2)no1. The number of carbonyl (C=O) groups is 2. The van der Waals surface area contributed by atoms with E-state index in [1.165, 1.54) is 7.11 Å². The molecule has 1 aromatic heterocycles. The fraction of sp³-hybridized carbons (Fsp3) is 0.304. The van der Waals surface area contributed by atoms with Gasteiger partial charge in [0.1, 0.15) is 0 Å². The van der Waals surface area contributed by atoms with Gasteiger partial charge in [-0.1, -0.05) is 12.1 Å². The van der Waals surface area contributed by atoms with E-state index in [2.05, 4.69) is 25.1 Å². The number of hydrogen-bond acceptors (Lipinski definition) is 7. The van der Waals surface area contributed by atoms with Gasteiger partial charge in [-0.3, -0.25) is 0 Å². The standard InChI is InChI=1S/C23H25N5O4/c1-3-20-25-21(26-32-20)16-6-10-19(11-7-16)27-12-14-28(15-13-27)23(30)24-18-8-4-17(5-9-18)22(29)31-2/h4-11H,3,12-15H2,1-2H3,(H,24,30). The van der Waals surface area contributed by atoms with E-state index in [4.69, 9.17) is 4.52 Å². The molecule has 0 saturated carbocycles. The van der Waals surface area contributed by atoms with Crippen molar-refractivity contribution in [2.24, 2.45) is 0 Å². The first-order valence-electron chi connectivity index (χ1n) is 10.5. The zero-order valence-electron chi connectivity index (χ0n) is 18.1. The van der Waals surface area contributed by atoms with Crippen LogP contribution in [0.2, 0.25) is 0 Å². The molecule has 2 amide bonds. The van der Waals surface area contributed by atoms with Crippen LogP contribution in [-0.2, 0) is 11.2 Å². The normalized spacial score (nSPS) is 13.7. The summed E-state index contributed by atoms with van der Waals surface area (Å²) in [6, 6.07) is 14.5. The minimum Gasteiger partial charge on any atom is -0.465 e. The number of esters is 1. The number of rotatable bonds is 5. The number of nitrogens with zero attached hydrogens (tertiary/aromatic N) is 4. The van der Waals surface area contributed by atoms with Crippen molar-refractivity contribution in [1.82, 2.24) is 15.0 Å². The van der Waals surface area contributed by atoms with E-state index < -0.39 is 5.97 Å². The van der Waals surface area contributed by atoms with Crippen LogP contribution < -0.4 is 10.2 Å². The van der Waals surface area contributed by atoms with Crippen LogP contribution in [0.1, 0.15) is 23.2 Å². The Labute approximate surface area is 186 Å². The average Bonchev–Trinajstić information content (AvgIpc) is 3.34. The van der Waals surface area contributed by atoms with Crippen molar-refractivity contribution in [2.75, 3.05) is 43.5 Å². The number of nitrogens with one attached hydrogen (secondary N) is 1. The lowest BCUT2D eigenvalue weighted by Crippen LogP contribution is -2.50. The van der Waals surface area contributed by atoms with Gasteiger partial charge >= 0.3 is 12.0 Å². The Morgan fingerprint density at radius 1 is 1.03 bits per heavy atom. The largest absolute Gasteiger partial charge is 0.465 e. The summed E-state index contributed by atoms with van der Waals surface area (Å²) in [5, 5.41) is 6.88. The molecule has 0 bridgehead atoms. The van der Waals surface area contributed by atoms with E-state index in [0.29, 0.717) is 42.5 Å². The van der Waals surface area contributed by atoms with Crippen molar-refractivity contribution in [3.05, 3.63) is 60.0 Å². The molecule has 1 fully saturated rings. The Balaban J connectivity index is 1.30. The zero-order chi connectivity index (χ0) is 22.5. The minimum atomic E-state index is -0.407. The average molecular weight is 435 g/mol. The van der Waals surface area contributed by atoms with Gasteiger partial charge in [-0.2, -0.15) is 4.98 Å². The molecule has 2 heterocycles. The third kappa shape index (κ3) is 4.72. The van der Waals surface area contributed by atoms with E-state index >= 15 is 0 Å². The van der Waals surface area contributed by atoms with Gasteiger partial charge in [0.15, 0.2) is 0 Å². The summed E-state index contributed by atoms with van der Waals surface area (Å²) in [4.78, 5) is 32.5. The van der Waals surface area contributed by atoms with Gasteiger partial charge in [-0.05, 0) is 48.5 Å². The fourth-order valence-corrected chi connectivity index (χ4v) is 3.51. The fourth-order valence-electron chi connectivity index (χ4n) is 3.51. The third-order valence-corrected chi connectivity index (χ3v) is 5.39. The molecule has 2 aromatic carbocycles. The van der Waals surface area contributed by atoms with Crippen LogP contribution in [0.15, 0.2) is 53.1 Å². The second kappa shape index (κ2) is 9.51. The Kier molecular flexibility index (Phi) is 6.34. The maximum absolute atomic E-state index is 12.6. The lowest BCUT2D eigenvalue weighted by molar-refractivity contribution is 0.0600. The lowest BCUT2D eigenvalue weighted by Gasteiger charge is -2.36. The van der Waals surface area contributed by atoms with Crippen molar-refractivity contribution in [2.45, 2.75) is 13.3 Å². The Bertz CT molecular complexity index is 1070. The van der Waals surface area contributed by atoms with Crippen LogP contribution in [0.25, 0.3) is 11.4 Å². The number of carbonyl (C=O) groups excluding carboxylic acids is 2. The van der Waals surface area contributed by atoms with Crippen molar-refractivity contribution < 1.29 is 18.8 Å². The predicted molar refractivity (Wildman–Crippen MR) is 120 cm³/mol. The van der Waals surface area contributed by atoms with Crippen molar-refractivity contribution in [3.63, 3.8) is 0 Å². The summed E-state index contributed by atoms with van der Waals surface area (Å²) >= 11 is 0. The molecule has 0 unspecified atom stereocenters. The molecule has 32 heavy (non-hydrogen) atoms. The molecule has 1 N–H and O–H groups in total. The molecule has 9 heteroatoms. The number of aryl methyl sites for hydroxylation is 1. The zero-order valence-corrected chi connectivity index (χ0v) is 18.1. The first kappa shape index (κ1) is 21.4. The van der Waals surface area contributed by atoms with Crippen LogP contribution in [0.3, 0.4) is 0 Å². The molecule has 9 nitrogen and oxygen atoms in total. The van der Waals surface area contributed by atoms with Crippen molar-refractivity contribution in [1.29, 1.82) is 0 Å². The molecule has 3 aromatic rings. The van der Waals surface area contributed by atoms with Crippen LogP contribution in [0.5, 0.6) is 0 Å². The van der Waals surface area contributed by atoms with Crippen molar-refractivity contribution >= 4 is 23.4 Å². The number of aromatic nitrogens is 2. The molecule has 1 saturated heterocycles. The molecule has 1 aliphatic rings. The van der Waals surface area contributed by atoms with Gasteiger partial charge in [-0.25, -0.2) is 9.59 Å². The van der Waals surface area contributed by atoms with E-state index in [9.17, 15) is 9.59 Å². The number of anilines is 2. The van der Waals surface area contributed by atoms with Crippen LogP contribution >= 0.6 is 0 Å². The smallest absolute Gasteiger partial charge is 0.337 e. The number of urea groups is 1. The molecule has 0 spiro atoms. The van der Waals surface area contributed by atoms with Gasteiger partial charge in [0.25, 0.3) is 0 Å². The highest BCUT2D eigenvalue weighted by atomic mass is 16.5. The molecule has 0 atom stereocenters. The Morgan fingerprint density at radius 3 is 2.31 bits per heavy atom.